The molecule has 1 aliphatic rings. The second-order valence-electron chi connectivity index (χ2n) is 13.4. The van der Waals surface area contributed by atoms with Crippen LogP contribution in [0.4, 0.5) is 0 Å². The third kappa shape index (κ3) is 7.58. The molecule has 7 heteroatoms. The fraction of sp³-hybridized carbons (Fsp3) is 0.417. The van der Waals surface area contributed by atoms with E-state index in [0.29, 0.717) is 13.0 Å². The highest BCUT2D eigenvalue weighted by molar-refractivity contribution is 6.74. The Labute approximate surface area is 257 Å². The normalized spacial score (nSPS) is 16.8. The minimum atomic E-state index is -1.86. The fourth-order valence-electron chi connectivity index (χ4n) is 5.57. The third-order valence-electron chi connectivity index (χ3n) is 9.23. The van der Waals surface area contributed by atoms with Crippen LogP contribution in [0.1, 0.15) is 49.9 Å². The van der Waals surface area contributed by atoms with Gasteiger partial charge in [0, 0.05) is 37.5 Å². The van der Waals surface area contributed by atoms with E-state index < -0.39 is 8.32 Å². The van der Waals surface area contributed by atoms with E-state index in [0.717, 1.165) is 59.3 Å². The molecule has 1 aromatic heterocycles. The van der Waals surface area contributed by atoms with Crippen LogP contribution in [-0.2, 0) is 22.2 Å². The molecule has 43 heavy (non-hydrogen) atoms. The number of furan rings is 1. The number of likely N-dealkylation sites (tertiary alicyclic amines) is 1. The van der Waals surface area contributed by atoms with Crippen molar-refractivity contribution in [1.82, 2.24) is 9.80 Å². The summed E-state index contributed by atoms with van der Waals surface area (Å²) >= 11 is 0. The summed E-state index contributed by atoms with van der Waals surface area (Å²) in [6, 6.07) is 24.3. The number of carbonyl (C=O) groups is 1. The van der Waals surface area contributed by atoms with Crippen molar-refractivity contribution in [2.45, 2.75) is 70.5 Å². The topological polar surface area (TPSA) is 55.2 Å². The molecule has 228 valence electrons. The zero-order chi connectivity index (χ0) is 30.6. The Balaban J connectivity index is 1.35. The number of hydrogen-bond acceptors (Lipinski definition) is 5. The van der Waals surface area contributed by atoms with Crippen molar-refractivity contribution in [3.63, 3.8) is 0 Å². The average Bonchev–Trinajstić information content (AvgIpc) is 3.64. The highest BCUT2D eigenvalue weighted by Crippen LogP contribution is 2.38. The maximum Gasteiger partial charge on any atom is 0.227 e. The summed E-state index contributed by atoms with van der Waals surface area (Å²) in [6.45, 7) is 14.6. The van der Waals surface area contributed by atoms with Crippen LogP contribution in [0.3, 0.4) is 0 Å². The predicted molar refractivity (Wildman–Crippen MR) is 176 cm³/mol. The van der Waals surface area contributed by atoms with Gasteiger partial charge in [0.2, 0.25) is 5.91 Å². The number of likely N-dealkylation sites (N-methyl/N-ethyl adjacent to an activating group) is 1. The molecular weight excluding hydrogens is 552 g/mol. The monoisotopic (exact) mass is 598 g/mol. The number of carbonyl (C=O) groups excluding carboxylic acids is 1. The zero-order valence-electron chi connectivity index (χ0n) is 26.5. The Morgan fingerprint density at radius 2 is 1.81 bits per heavy atom. The van der Waals surface area contributed by atoms with Crippen LogP contribution in [0.15, 0.2) is 89.7 Å². The molecule has 0 radical (unpaired) electrons. The summed E-state index contributed by atoms with van der Waals surface area (Å²) < 4.78 is 18.4. The number of hydrogen-bond donors (Lipinski definition) is 0. The van der Waals surface area contributed by atoms with Gasteiger partial charge in [0.1, 0.15) is 12.4 Å². The molecule has 4 aromatic rings. The minimum Gasteiger partial charge on any atom is -0.489 e. The fourth-order valence-corrected chi connectivity index (χ4v) is 6.95. The van der Waals surface area contributed by atoms with E-state index in [1.165, 1.54) is 0 Å². The number of fused-ring (bicyclic) bond motifs is 1. The molecule has 2 heterocycles. The standard InChI is InChI=1S/C36H46N2O4Si/c1-36(2,3)43(5,6)42-32-18-19-38(22-32)23-34(29-15-11-17-31(20-29)41-24-27-12-8-7-9-13-27)37(4)35(39)21-28-14-10-16-30-25-40-26-33(28)30/h7-17,20,25-26,32,34H,18-19,21-24H2,1-6H3. The molecule has 5 rings (SSSR count). The first-order chi connectivity index (χ1) is 20.5. The lowest BCUT2D eigenvalue weighted by atomic mass is 10.0. The van der Waals surface area contributed by atoms with Gasteiger partial charge in [-0.2, -0.15) is 0 Å². The molecule has 3 aromatic carbocycles. The molecule has 1 aliphatic heterocycles. The van der Waals surface area contributed by atoms with Crippen LogP contribution in [-0.4, -0.2) is 56.8 Å². The molecule has 0 saturated carbocycles. The van der Waals surface area contributed by atoms with E-state index in [1.807, 2.05) is 60.5 Å². The van der Waals surface area contributed by atoms with E-state index in [-0.39, 0.29) is 23.1 Å². The first-order valence-electron chi connectivity index (χ1n) is 15.4. The van der Waals surface area contributed by atoms with Gasteiger partial charge < -0.3 is 18.5 Å². The summed E-state index contributed by atoms with van der Waals surface area (Å²) in [4.78, 5) is 18.2. The van der Waals surface area contributed by atoms with Crippen LogP contribution in [0.25, 0.3) is 10.8 Å². The van der Waals surface area contributed by atoms with Gasteiger partial charge in [-0.3, -0.25) is 9.69 Å². The molecule has 0 bridgehead atoms. The Morgan fingerprint density at radius 3 is 2.58 bits per heavy atom. The van der Waals surface area contributed by atoms with Gasteiger partial charge in [-0.1, -0.05) is 81.4 Å². The summed E-state index contributed by atoms with van der Waals surface area (Å²) in [6.07, 6.45) is 5.01. The number of nitrogens with zero attached hydrogens (tertiary/aromatic N) is 2. The van der Waals surface area contributed by atoms with Crippen molar-refractivity contribution in [1.29, 1.82) is 0 Å². The third-order valence-corrected chi connectivity index (χ3v) is 13.8. The van der Waals surface area contributed by atoms with Crippen molar-refractivity contribution in [2.75, 3.05) is 26.7 Å². The summed E-state index contributed by atoms with van der Waals surface area (Å²) in [5, 5.41) is 2.17. The quantitative estimate of drug-likeness (QED) is 0.165. The Morgan fingerprint density at radius 1 is 1.05 bits per heavy atom. The predicted octanol–water partition coefficient (Wildman–Crippen LogP) is 7.85. The van der Waals surface area contributed by atoms with Gasteiger partial charge >= 0.3 is 0 Å². The van der Waals surface area contributed by atoms with Crippen molar-refractivity contribution in [3.8, 4) is 5.75 Å². The van der Waals surface area contributed by atoms with Crippen LogP contribution in [0.5, 0.6) is 5.75 Å². The van der Waals surface area contributed by atoms with Crippen molar-refractivity contribution >= 4 is 25.0 Å². The van der Waals surface area contributed by atoms with E-state index in [4.69, 9.17) is 13.6 Å². The molecule has 2 atom stereocenters. The molecule has 0 spiro atoms. The lowest BCUT2D eigenvalue weighted by molar-refractivity contribution is -0.131. The molecule has 1 amide bonds. The number of amides is 1. The largest absolute Gasteiger partial charge is 0.489 e. The maximum atomic E-state index is 13.9. The first-order valence-corrected chi connectivity index (χ1v) is 18.3. The van der Waals surface area contributed by atoms with Crippen LogP contribution >= 0.6 is 0 Å². The molecular formula is C36H46N2O4Si. The Hall–Kier alpha value is -3.39. The lowest BCUT2D eigenvalue weighted by Crippen LogP contribution is -2.45. The number of rotatable bonds is 11. The highest BCUT2D eigenvalue weighted by Gasteiger charge is 2.41. The molecule has 0 N–H and O–H groups in total. The Bertz CT molecular complexity index is 1510. The Kier molecular flexibility index (Phi) is 9.44. The van der Waals surface area contributed by atoms with E-state index in [2.05, 4.69) is 63.0 Å². The van der Waals surface area contributed by atoms with Gasteiger partial charge in [-0.05, 0) is 53.4 Å². The van der Waals surface area contributed by atoms with Gasteiger partial charge in [0.15, 0.2) is 8.32 Å². The molecule has 1 fully saturated rings. The molecule has 6 nitrogen and oxygen atoms in total. The molecule has 0 aliphatic carbocycles. The van der Waals surface area contributed by atoms with Crippen LogP contribution in [0.2, 0.25) is 18.1 Å². The van der Waals surface area contributed by atoms with E-state index >= 15 is 0 Å². The van der Waals surface area contributed by atoms with Gasteiger partial charge in [-0.15, -0.1) is 0 Å². The van der Waals surface area contributed by atoms with Crippen molar-refractivity contribution in [2.24, 2.45) is 0 Å². The van der Waals surface area contributed by atoms with Gasteiger partial charge in [0.25, 0.3) is 0 Å². The van der Waals surface area contributed by atoms with E-state index in [9.17, 15) is 4.79 Å². The zero-order valence-corrected chi connectivity index (χ0v) is 27.5. The van der Waals surface area contributed by atoms with Crippen molar-refractivity contribution < 1.29 is 18.4 Å². The first kappa shape index (κ1) is 31.0. The molecule has 1 saturated heterocycles. The number of benzene rings is 3. The number of ether oxygens (including phenoxy) is 1. The van der Waals surface area contributed by atoms with Gasteiger partial charge in [0.05, 0.1) is 31.1 Å². The smallest absolute Gasteiger partial charge is 0.227 e. The van der Waals surface area contributed by atoms with E-state index in [1.54, 1.807) is 12.5 Å². The van der Waals surface area contributed by atoms with Crippen LogP contribution in [0, 0.1) is 0 Å². The SMILES string of the molecule is CN(C(=O)Cc1cccc2cocc12)C(CN1CCC(O[Si](C)(C)C(C)(C)C)C1)c1cccc(OCc2ccccc2)c1. The molecule has 2 unspecified atom stereocenters. The van der Waals surface area contributed by atoms with Gasteiger partial charge in [-0.25, -0.2) is 0 Å². The minimum absolute atomic E-state index is 0.0718. The lowest BCUT2D eigenvalue weighted by Gasteiger charge is -2.38. The second-order valence-corrected chi connectivity index (χ2v) is 18.1. The summed E-state index contributed by atoms with van der Waals surface area (Å²) in [7, 11) is 0.0670. The summed E-state index contributed by atoms with van der Waals surface area (Å²) in [5.41, 5.74) is 3.16. The maximum absolute atomic E-state index is 13.9. The highest BCUT2D eigenvalue weighted by atomic mass is 28.4. The summed E-state index contributed by atoms with van der Waals surface area (Å²) in [5.74, 6) is 0.874. The van der Waals surface area contributed by atoms with Crippen molar-refractivity contribution in [3.05, 3.63) is 102 Å². The average molecular weight is 599 g/mol. The second kappa shape index (κ2) is 13.1. The van der Waals surface area contributed by atoms with Crippen LogP contribution < -0.4 is 4.74 Å².